The normalized spacial score (nSPS) is 15.1. The first-order chi connectivity index (χ1) is 10.9. The topological polar surface area (TPSA) is 72.3 Å². The van der Waals surface area contributed by atoms with Gasteiger partial charge in [-0.25, -0.2) is 17.4 Å². The summed E-state index contributed by atoms with van der Waals surface area (Å²) in [6.45, 7) is 0. The maximum Gasteiger partial charge on any atom is 0.242 e. The van der Waals surface area contributed by atoms with E-state index in [0.29, 0.717) is 17.2 Å². The summed E-state index contributed by atoms with van der Waals surface area (Å²) >= 11 is 6.29. The van der Waals surface area contributed by atoms with Crippen molar-refractivity contribution in [3.63, 3.8) is 0 Å². The number of sulfonamides is 1. The molecule has 0 spiro atoms. The number of aldehydes is 1. The lowest BCUT2D eigenvalue weighted by Crippen LogP contribution is -2.22. The number of aromatic nitrogens is 2. The van der Waals surface area contributed by atoms with Crippen molar-refractivity contribution in [1.29, 1.82) is 0 Å². The summed E-state index contributed by atoms with van der Waals surface area (Å²) in [6.07, 6.45) is 4.33. The zero-order valence-electron chi connectivity index (χ0n) is 12.7. The van der Waals surface area contributed by atoms with Gasteiger partial charge in [-0.1, -0.05) is 11.6 Å². The van der Waals surface area contributed by atoms with Gasteiger partial charge >= 0.3 is 0 Å². The molecule has 0 unspecified atom stereocenters. The van der Waals surface area contributed by atoms with Gasteiger partial charge in [0.05, 0.1) is 33.1 Å². The Morgan fingerprint density at radius 1 is 1.35 bits per heavy atom. The van der Waals surface area contributed by atoms with Crippen LogP contribution in [0.1, 0.15) is 34.8 Å². The van der Waals surface area contributed by atoms with E-state index in [2.05, 4.69) is 5.10 Å². The van der Waals surface area contributed by atoms with Gasteiger partial charge in [-0.15, -0.1) is 0 Å². The predicted octanol–water partition coefficient (Wildman–Crippen LogP) is 2.47. The monoisotopic (exact) mass is 353 g/mol. The minimum Gasteiger partial charge on any atom is -0.298 e. The number of hydrogen-bond acceptors (Lipinski definition) is 4. The van der Waals surface area contributed by atoms with E-state index in [4.69, 9.17) is 11.6 Å². The second-order valence-corrected chi connectivity index (χ2v) is 8.25. The molecule has 0 atom stereocenters. The molecular formula is C15H16ClN3O3S. The molecule has 1 fully saturated rings. The van der Waals surface area contributed by atoms with E-state index < -0.39 is 10.0 Å². The first-order valence-corrected chi connectivity index (χ1v) is 8.93. The van der Waals surface area contributed by atoms with Crippen LogP contribution >= 0.6 is 11.6 Å². The van der Waals surface area contributed by atoms with Gasteiger partial charge in [0.25, 0.3) is 0 Å². The maximum absolute atomic E-state index is 12.2. The molecule has 1 heterocycles. The third kappa shape index (κ3) is 2.80. The van der Waals surface area contributed by atoms with Crippen LogP contribution in [0.2, 0.25) is 5.02 Å². The molecule has 2 aromatic rings. The number of benzene rings is 1. The summed E-state index contributed by atoms with van der Waals surface area (Å²) < 4.78 is 27.1. The van der Waals surface area contributed by atoms with Crippen molar-refractivity contribution in [3.05, 3.63) is 40.7 Å². The second-order valence-electron chi connectivity index (χ2n) is 5.69. The van der Waals surface area contributed by atoms with Gasteiger partial charge in [0.2, 0.25) is 10.0 Å². The van der Waals surface area contributed by atoms with Crippen LogP contribution in [0.5, 0.6) is 0 Å². The Bertz CT molecular complexity index is 870. The Morgan fingerprint density at radius 2 is 2.04 bits per heavy atom. The lowest BCUT2D eigenvalue weighted by molar-refractivity contribution is 0.112. The SMILES string of the molecule is CN(C)S(=O)(=O)c1ccc(-n2ncc(C=O)c2C2CC2)c(Cl)c1. The molecule has 1 aromatic carbocycles. The van der Waals surface area contributed by atoms with Crippen molar-refractivity contribution in [3.8, 4) is 5.69 Å². The third-order valence-corrected chi connectivity index (χ3v) is 5.97. The fourth-order valence-electron chi connectivity index (χ4n) is 2.45. The molecule has 1 saturated carbocycles. The van der Waals surface area contributed by atoms with Crippen molar-refractivity contribution < 1.29 is 13.2 Å². The van der Waals surface area contributed by atoms with Gasteiger partial charge in [0.1, 0.15) is 0 Å². The summed E-state index contributed by atoms with van der Waals surface area (Å²) in [7, 11) is -0.620. The fraction of sp³-hybridized carbons (Fsp3) is 0.333. The molecule has 1 aromatic heterocycles. The lowest BCUT2D eigenvalue weighted by atomic mass is 10.2. The van der Waals surface area contributed by atoms with Crippen LogP contribution in [0.25, 0.3) is 5.69 Å². The molecule has 0 N–H and O–H groups in total. The highest BCUT2D eigenvalue weighted by atomic mass is 35.5. The largest absolute Gasteiger partial charge is 0.298 e. The quantitative estimate of drug-likeness (QED) is 0.774. The Hall–Kier alpha value is -1.70. The van der Waals surface area contributed by atoms with Crippen molar-refractivity contribution >= 4 is 27.9 Å². The van der Waals surface area contributed by atoms with Crippen LogP contribution in [-0.2, 0) is 10.0 Å². The third-order valence-electron chi connectivity index (χ3n) is 3.85. The van der Waals surface area contributed by atoms with Crippen molar-refractivity contribution in [2.75, 3.05) is 14.1 Å². The zero-order valence-corrected chi connectivity index (χ0v) is 14.3. The van der Waals surface area contributed by atoms with Crippen LogP contribution in [0, 0.1) is 0 Å². The van der Waals surface area contributed by atoms with Gasteiger partial charge in [0.15, 0.2) is 6.29 Å². The Balaban J connectivity index is 2.09. The van der Waals surface area contributed by atoms with Crippen LogP contribution < -0.4 is 0 Å². The predicted molar refractivity (Wildman–Crippen MR) is 86.8 cm³/mol. The molecule has 0 bridgehead atoms. The van der Waals surface area contributed by atoms with Crippen molar-refractivity contribution in [2.24, 2.45) is 0 Å². The molecule has 122 valence electrons. The van der Waals surface area contributed by atoms with E-state index in [1.165, 1.54) is 32.4 Å². The highest BCUT2D eigenvalue weighted by molar-refractivity contribution is 7.89. The van der Waals surface area contributed by atoms with Gasteiger partial charge in [-0.05, 0) is 31.0 Å². The maximum atomic E-state index is 12.2. The molecule has 1 aliphatic carbocycles. The number of carbonyl (C=O) groups is 1. The van der Waals surface area contributed by atoms with Crippen molar-refractivity contribution in [2.45, 2.75) is 23.7 Å². The lowest BCUT2D eigenvalue weighted by Gasteiger charge is -2.14. The van der Waals surface area contributed by atoms with Gasteiger partial charge in [-0.3, -0.25) is 4.79 Å². The summed E-state index contributed by atoms with van der Waals surface area (Å²) in [4.78, 5) is 11.3. The summed E-state index contributed by atoms with van der Waals surface area (Å²) in [5.74, 6) is 0.305. The van der Waals surface area contributed by atoms with E-state index in [-0.39, 0.29) is 9.92 Å². The first-order valence-electron chi connectivity index (χ1n) is 7.12. The Labute approximate surface area is 139 Å². The minimum atomic E-state index is -3.55. The first kappa shape index (κ1) is 16.2. The molecular weight excluding hydrogens is 338 g/mol. The Kier molecular flexibility index (Phi) is 4.03. The molecule has 0 radical (unpaired) electrons. The summed E-state index contributed by atoms with van der Waals surface area (Å²) in [6, 6.07) is 4.52. The molecule has 0 saturated heterocycles. The van der Waals surface area contributed by atoms with Gasteiger partial charge in [0, 0.05) is 20.0 Å². The standard InChI is InChI=1S/C15H16ClN3O3S/c1-18(2)23(21,22)12-5-6-14(13(16)7-12)19-15(10-3-4-10)11(9-20)8-17-19/h5-10H,3-4H2,1-2H3. The summed E-state index contributed by atoms with van der Waals surface area (Å²) in [5.41, 5.74) is 1.96. The zero-order chi connectivity index (χ0) is 16.8. The minimum absolute atomic E-state index is 0.118. The molecule has 0 aliphatic heterocycles. The number of nitrogens with zero attached hydrogens (tertiary/aromatic N) is 3. The van der Waals surface area contributed by atoms with Gasteiger partial charge < -0.3 is 0 Å². The van der Waals surface area contributed by atoms with Crippen LogP contribution in [-0.4, -0.2) is 42.9 Å². The smallest absolute Gasteiger partial charge is 0.242 e. The van der Waals surface area contributed by atoms with E-state index in [0.717, 1.165) is 29.1 Å². The van der Waals surface area contributed by atoms with Crippen LogP contribution in [0.15, 0.2) is 29.3 Å². The van der Waals surface area contributed by atoms with E-state index >= 15 is 0 Å². The van der Waals surface area contributed by atoms with Crippen LogP contribution in [0.4, 0.5) is 0 Å². The second kappa shape index (κ2) is 5.74. The molecule has 3 rings (SSSR count). The molecule has 23 heavy (non-hydrogen) atoms. The molecule has 8 heteroatoms. The average Bonchev–Trinajstić information content (AvgIpc) is 3.26. The molecule has 1 aliphatic rings. The summed E-state index contributed by atoms with van der Waals surface area (Å²) in [5, 5.41) is 4.52. The highest BCUT2D eigenvalue weighted by Crippen LogP contribution is 2.42. The van der Waals surface area contributed by atoms with E-state index in [1.807, 2.05) is 0 Å². The molecule has 0 amide bonds. The fourth-order valence-corrected chi connectivity index (χ4v) is 3.70. The van der Waals surface area contributed by atoms with Crippen molar-refractivity contribution in [1.82, 2.24) is 14.1 Å². The van der Waals surface area contributed by atoms with E-state index in [9.17, 15) is 13.2 Å². The number of halogens is 1. The average molecular weight is 354 g/mol. The number of rotatable bonds is 5. The number of carbonyl (C=O) groups excluding carboxylic acids is 1. The van der Waals surface area contributed by atoms with E-state index in [1.54, 1.807) is 10.7 Å². The molecule has 6 nitrogen and oxygen atoms in total. The Morgan fingerprint density at radius 3 is 2.57 bits per heavy atom. The van der Waals surface area contributed by atoms with Crippen LogP contribution in [0.3, 0.4) is 0 Å². The highest BCUT2D eigenvalue weighted by Gasteiger charge is 2.31. The number of hydrogen-bond donors (Lipinski definition) is 0. The van der Waals surface area contributed by atoms with Gasteiger partial charge in [-0.2, -0.15) is 5.10 Å².